The molecule has 18 heavy (non-hydrogen) atoms. The van der Waals surface area contributed by atoms with E-state index >= 15 is 0 Å². The third kappa shape index (κ3) is 3.55. The summed E-state index contributed by atoms with van der Waals surface area (Å²) in [6, 6.07) is 11.7. The lowest BCUT2D eigenvalue weighted by Crippen LogP contribution is -2.04. The van der Waals surface area contributed by atoms with Crippen LogP contribution in [-0.4, -0.2) is 4.98 Å². The highest BCUT2D eigenvalue weighted by Gasteiger charge is 2.00. The molecule has 0 radical (unpaired) electrons. The Morgan fingerprint density at radius 2 is 1.94 bits per heavy atom. The number of aromatic nitrogens is 1. The molecular formula is C14H15BrN2O. The van der Waals surface area contributed by atoms with Gasteiger partial charge in [-0.05, 0) is 52.7 Å². The molecule has 0 saturated carbocycles. The van der Waals surface area contributed by atoms with E-state index in [1.165, 1.54) is 0 Å². The van der Waals surface area contributed by atoms with Crippen molar-refractivity contribution in [1.29, 1.82) is 0 Å². The van der Waals surface area contributed by atoms with Crippen molar-refractivity contribution < 1.29 is 4.74 Å². The van der Waals surface area contributed by atoms with Crippen molar-refractivity contribution >= 4 is 15.9 Å². The van der Waals surface area contributed by atoms with Gasteiger partial charge in [0.1, 0.15) is 12.4 Å². The van der Waals surface area contributed by atoms with Crippen molar-refractivity contribution in [2.45, 2.75) is 19.6 Å². The third-order valence-electron chi connectivity index (χ3n) is 2.58. The highest BCUT2D eigenvalue weighted by Crippen LogP contribution is 2.17. The minimum atomic E-state index is 0.0483. The van der Waals surface area contributed by atoms with Crippen molar-refractivity contribution in [2.75, 3.05) is 0 Å². The van der Waals surface area contributed by atoms with Gasteiger partial charge in [0.2, 0.25) is 0 Å². The van der Waals surface area contributed by atoms with Crippen molar-refractivity contribution in [3.8, 4) is 5.75 Å². The largest absolute Gasteiger partial charge is 0.487 e. The zero-order chi connectivity index (χ0) is 13.0. The van der Waals surface area contributed by atoms with Gasteiger partial charge in [0.15, 0.2) is 0 Å². The summed E-state index contributed by atoms with van der Waals surface area (Å²) in [5, 5.41) is 0. The summed E-state index contributed by atoms with van der Waals surface area (Å²) < 4.78 is 6.61. The van der Waals surface area contributed by atoms with Crippen LogP contribution in [0.15, 0.2) is 47.1 Å². The number of nitrogens with two attached hydrogens (primary N) is 1. The number of pyridine rings is 1. The number of hydrogen-bond donors (Lipinski definition) is 1. The van der Waals surface area contributed by atoms with Gasteiger partial charge in [0.25, 0.3) is 0 Å². The fourth-order valence-corrected chi connectivity index (χ4v) is 1.75. The lowest BCUT2D eigenvalue weighted by atomic mass is 10.1. The molecule has 1 heterocycles. The van der Waals surface area contributed by atoms with Crippen LogP contribution in [0.5, 0.6) is 5.75 Å². The number of ether oxygens (including phenoxy) is 1. The molecule has 0 aliphatic heterocycles. The summed E-state index contributed by atoms with van der Waals surface area (Å²) in [5.41, 5.74) is 7.79. The summed E-state index contributed by atoms with van der Waals surface area (Å²) in [6.07, 6.45) is 1.76. The van der Waals surface area contributed by atoms with E-state index in [0.717, 1.165) is 21.5 Å². The Morgan fingerprint density at radius 1 is 1.22 bits per heavy atom. The summed E-state index contributed by atoms with van der Waals surface area (Å²) in [6.45, 7) is 2.42. The number of benzene rings is 1. The molecule has 0 aliphatic carbocycles. The first-order chi connectivity index (χ1) is 8.65. The topological polar surface area (TPSA) is 48.1 Å². The van der Waals surface area contributed by atoms with Gasteiger partial charge in [-0.2, -0.15) is 0 Å². The van der Waals surface area contributed by atoms with Gasteiger partial charge >= 0.3 is 0 Å². The highest BCUT2D eigenvalue weighted by atomic mass is 79.9. The van der Waals surface area contributed by atoms with Crippen LogP contribution in [-0.2, 0) is 6.61 Å². The Hall–Kier alpha value is -1.39. The van der Waals surface area contributed by atoms with Gasteiger partial charge in [-0.15, -0.1) is 0 Å². The zero-order valence-corrected chi connectivity index (χ0v) is 11.7. The minimum Gasteiger partial charge on any atom is -0.487 e. The molecule has 0 spiro atoms. The van der Waals surface area contributed by atoms with E-state index in [-0.39, 0.29) is 6.04 Å². The van der Waals surface area contributed by atoms with E-state index in [4.69, 9.17) is 10.5 Å². The molecule has 1 atom stereocenters. The second-order valence-corrected chi connectivity index (χ2v) is 5.03. The van der Waals surface area contributed by atoms with E-state index in [9.17, 15) is 0 Å². The summed E-state index contributed by atoms with van der Waals surface area (Å²) in [5.74, 6) is 0.823. The molecule has 0 fully saturated rings. The van der Waals surface area contributed by atoms with Gasteiger partial charge in [-0.25, -0.2) is 0 Å². The Morgan fingerprint density at radius 3 is 2.50 bits per heavy atom. The van der Waals surface area contributed by atoms with Crippen LogP contribution in [0.1, 0.15) is 24.2 Å². The first-order valence-electron chi connectivity index (χ1n) is 5.74. The summed E-state index contributed by atoms with van der Waals surface area (Å²) in [4.78, 5) is 4.25. The van der Waals surface area contributed by atoms with Crippen molar-refractivity contribution in [2.24, 2.45) is 5.73 Å². The molecule has 1 aromatic heterocycles. The van der Waals surface area contributed by atoms with E-state index in [1.807, 2.05) is 43.3 Å². The van der Waals surface area contributed by atoms with Crippen LogP contribution >= 0.6 is 15.9 Å². The Labute approximate surface area is 115 Å². The second kappa shape index (κ2) is 5.98. The Balaban J connectivity index is 1.95. The molecule has 0 unspecified atom stereocenters. The maximum atomic E-state index is 5.79. The van der Waals surface area contributed by atoms with Crippen LogP contribution in [0.25, 0.3) is 0 Å². The molecule has 3 nitrogen and oxygen atoms in total. The predicted octanol–water partition coefficient (Wildman–Crippen LogP) is 3.44. The molecule has 2 rings (SSSR count). The molecule has 0 saturated heterocycles. The van der Waals surface area contributed by atoms with E-state index in [0.29, 0.717) is 6.61 Å². The molecular weight excluding hydrogens is 292 g/mol. The maximum Gasteiger partial charge on any atom is 0.130 e. The fraction of sp³-hybridized carbons (Fsp3) is 0.214. The fourth-order valence-electron chi connectivity index (χ4n) is 1.52. The molecule has 2 aromatic rings. The molecule has 0 amide bonds. The Kier molecular flexibility index (Phi) is 4.33. The van der Waals surface area contributed by atoms with Crippen LogP contribution in [0, 0.1) is 0 Å². The smallest absolute Gasteiger partial charge is 0.130 e. The van der Waals surface area contributed by atoms with Crippen molar-refractivity contribution in [3.05, 3.63) is 58.3 Å². The van der Waals surface area contributed by atoms with Gasteiger partial charge in [0.05, 0.1) is 5.69 Å². The normalized spacial score (nSPS) is 12.2. The van der Waals surface area contributed by atoms with Gasteiger partial charge in [-0.3, -0.25) is 4.98 Å². The highest BCUT2D eigenvalue weighted by molar-refractivity contribution is 9.10. The average molecular weight is 307 g/mol. The number of hydrogen-bond acceptors (Lipinski definition) is 3. The monoisotopic (exact) mass is 306 g/mol. The Bertz CT molecular complexity index is 494. The van der Waals surface area contributed by atoms with Gasteiger partial charge in [0, 0.05) is 16.7 Å². The van der Waals surface area contributed by atoms with E-state index in [2.05, 4.69) is 20.9 Å². The van der Waals surface area contributed by atoms with Crippen LogP contribution in [0.2, 0.25) is 0 Å². The van der Waals surface area contributed by atoms with Gasteiger partial charge < -0.3 is 10.5 Å². The van der Waals surface area contributed by atoms with Crippen molar-refractivity contribution in [1.82, 2.24) is 4.98 Å². The molecule has 4 heteroatoms. The molecule has 94 valence electrons. The summed E-state index contributed by atoms with van der Waals surface area (Å²) in [7, 11) is 0. The van der Waals surface area contributed by atoms with Crippen LogP contribution in [0.3, 0.4) is 0 Å². The third-order valence-corrected chi connectivity index (χ3v) is 3.05. The second-order valence-electron chi connectivity index (χ2n) is 4.11. The van der Waals surface area contributed by atoms with Gasteiger partial charge in [-0.1, -0.05) is 12.1 Å². The quantitative estimate of drug-likeness (QED) is 0.941. The molecule has 0 aliphatic rings. The SMILES string of the molecule is C[C@H](N)c1ccc(OCc2ccc(Br)cn2)cc1. The molecule has 1 aromatic carbocycles. The number of rotatable bonds is 4. The average Bonchev–Trinajstić information content (AvgIpc) is 2.38. The minimum absolute atomic E-state index is 0.0483. The van der Waals surface area contributed by atoms with Crippen molar-refractivity contribution in [3.63, 3.8) is 0 Å². The maximum absolute atomic E-state index is 5.79. The lowest BCUT2D eigenvalue weighted by Gasteiger charge is -2.08. The van der Waals surface area contributed by atoms with Crippen LogP contribution in [0.4, 0.5) is 0 Å². The number of nitrogens with zero attached hydrogens (tertiary/aromatic N) is 1. The standard InChI is InChI=1S/C14H15BrN2O/c1-10(16)11-2-6-14(7-3-11)18-9-13-5-4-12(15)8-17-13/h2-8,10H,9,16H2,1H3/t10-/m0/s1. The summed E-state index contributed by atoms with van der Waals surface area (Å²) >= 11 is 3.35. The lowest BCUT2D eigenvalue weighted by molar-refractivity contribution is 0.301. The molecule has 0 bridgehead atoms. The first kappa shape index (κ1) is 13.1. The first-order valence-corrected chi connectivity index (χ1v) is 6.53. The van der Waals surface area contributed by atoms with E-state index in [1.54, 1.807) is 6.20 Å². The zero-order valence-electron chi connectivity index (χ0n) is 10.1. The number of halogens is 1. The molecule has 2 N–H and O–H groups in total. The van der Waals surface area contributed by atoms with E-state index < -0.39 is 0 Å². The predicted molar refractivity (Wildman–Crippen MR) is 75.3 cm³/mol. The van der Waals surface area contributed by atoms with Crippen LogP contribution < -0.4 is 10.5 Å².